The molecule has 116 valence electrons. The first-order chi connectivity index (χ1) is 11.1. The molecule has 0 amide bonds. The monoisotopic (exact) mass is 305 g/mol. The van der Waals surface area contributed by atoms with Gasteiger partial charge < -0.3 is 4.90 Å². The van der Waals surface area contributed by atoms with Crippen molar-refractivity contribution in [3.63, 3.8) is 0 Å². The standard InChI is InChI=1S/C19H19N3O/c1-21(2)16-11-9-15(10-12-16)20-18-13-8-14-6-4-5-7-17(14)19(23)22(18)3/h4-13H,1-3H3. The predicted molar refractivity (Wildman–Crippen MR) is 95.2 cm³/mol. The second-order valence-corrected chi connectivity index (χ2v) is 5.67. The first-order valence-electron chi connectivity index (χ1n) is 7.47. The Kier molecular flexibility index (Phi) is 3.98. The highest BCUT2D eigenvalue weighted by Gasteiger charge is 2.00. The van der Waals surface area contributed by atoms with E-state index < -0.39 is 0 Å². The van der Waals surface area contributed by atoms with Gasteiger partial charge in [-0.05, 0) is 41.8 Å². The summed E-state index contributed by atoms with van der Waals surface area (Å²) in [7, 11) is 5.75. The van der Waals surface area contributed by atoms with Crippen molar-refractivity contribution in [2.45, 2.75) is 0 Å². The molecule has 0 aliphatic heterocycles. The fourth-order valence-electron chi connectivity index (χ4n) is 2.47. The summed E-state index contributed by atoms with van der Waals surface area (Å²) in [6, 6.07) is 19.3. The van der Waals surface area contributed by atoms with Gasteiger partial charge >= 0.3 is 0 Å². The number of hydrogen-bond acceptors (Lipinski definition) is 3. The van der Waals surface area contributed by atoms with Crippen molar-refractivity contribution in [1.29, 1.82) is 0 Å². The van der Waals surface area contributed by atoms with E-state index in [1.165, 1.54) is 0 Å². The summed E-state index contributed by atoms with van der Waals surface area (Å²) < 4.78 is 1.59. The first kappa shape index (κ1) is 15.0. The van der Waals surface area contributed by atoms with E-state index in [0.29, 0.717) is 10.9 Å². The summed E-state index contributed by atoms with van der Waals surface area (Å²) in [4.78, 5) is 19.2. The number of hydrogen-bond donors (Lipinski definition) is 0. The third kappa shape index (κ3) is 3.01. The quantitative estimate of drug-likeness (QED) is 0.730. The maximum atomic E-state index is 12.6. The molecule has 0 aliphatic rings. The highest BCUT2D eigenvalue weighted by molar-refractivity contribution is 5.80. The lowest BCUT2D eigenvalue weighted by atomic mass is 10.2. The number of benzene rings is 2. The second-order valence-electron chi connectivity index (χ2n) is 5.67. The molecule has 0 atom stereocenters. The Morgan fingerprint density at radius 1 is 0.913 bits per heavy atom. The van der Waals surface area contributed by atoms with E-state index in [1.807, 2.05) is 79.7 Å². The van der Waals surface area contributed by atoms with Gasteiger partial charge in [0.05, 0.1) is 5.69 Å². The van der Waals surface area contributed by atoms with Gasteiger partial charge in [-0.15, -0.1) is 0 Å². The topological polar surface area (TPSA) is 37.6 Å². The largest absolute Gasteiger partial charge is 0.378 e. The summed E-state index contributed by atoms with van der Waals surface area (Å²) >= 11 is 0. The van der Waals surface area contributed by atoms with E-state index >= 15 is 0 Å². The summed E-state index contributed by atoms with van der Waals surface area (Å²) in [5.74, 6) is 0. The van der Waals surface area contributed by atoms with Gasteiger partial charge in [0.25, 0.3) is 5.56 Å². The Hall–Kier alpha value is -2.88. The molecule has 0 aliphatic carbocycles. The van der Waals surface area contributed by atoms with E-state index in [2.05, 4.69) is 4.99 Å². The van der Waals surface area contributed by atoms with E-state index in [9.17, 15) is 4.79 Å². The number of anilines is 1. The Bertz CT molecular complexity index is 970. The van der Waals surface area contributed by atoms with Gasteiger partial charge in [0.2, 0.25) is 0 Å². The highest BCUT2D eigenvalue weighted by atomic mass is 16.1. The lowest BCUT2D eigenvalue weighted by molar-refractivity contribution is 0.815. The number of fused-ring (bicyclic) bond motifs is 1. The van der Waals surface area contributed by atoms with Crippen molar-refractivity contribution in [3.8, 4) is 0 Å². The van der Waals surface area contributed by atoms with Crippen LogP contribution in [-0.2, 0) is 7.05 Å². The van der Waals surface area contributed by atoms with E-state index in [4.69, 9.17) is 0 Å². The minimum Gasteiger partial charge on any atom is -0.378 e. The molecule has 0 N–H and O–H groups in total. The van der Waals surface area contributed by atoms with Crippen molar-refractivity contribution in [2.24, 2.45) is 12.0 Å². The molecule has 1 heterocycles. The molecule has 0 saturated heterocycles. The fourth-order valence-corrected chi connectivity index (χ4v) is 2.47. The van der Waals surface area contributed by atoms with Crippen LogP contribution in [0.1, 0.15) is 0 Å². The van der Waals surface area contributed by atoms with Gasteiger partial charge in [0.1, 0.15) is 5.49 Å². The van der Waals surface area contributed by atoms with Crippen molar-refractivity contribution in [3.05, 3.63) is 76.5 Å². The third-order valence-corrected chi connectivity index (χ3v) is 3.86. The van der Waals surface area contributed by atoms with Crippen LogP contribution in [0.25, 0.3) is 10.8 Å². The molecule has 0 fully saturated rings. The molecule has 3 aromatic rings. The lowest BCUT2D eigenvalue weighted by Crippen LogP contribution is -2.27. The Morgan fingerprint density at radius 3 is 2.30 bits per heavy atom. The highest BCUT2D eigenvalue weighted by Crippen LogP contribution is 2.17. The summed E-state index contributed by atoms with van der Waals surface area (Å²) in [6.07, 6.45) is 0. The summed E-state index contributed by atoms with van der Waals surface area (Å²) in [6.45, 7) is 0. The number of aromatic nitrogens is 1. The smallest absolute Gasteiger partial charge is 0.259 e. The zero-order chi connectivity index (χ0) is 16.4. The Balaban J connectivity index is 2.20. The fraction of sp³-hybridized carbons (Fsp3) is 0.158. The summed E-state index contributed by atoms with van der Waals surface area (Å²) in [5, 5.41) is 1.61. The SMILES string of the molecule is CN(C)c1ccc(N=c2ccc3ccccc3c(=O)n2C)cc1. The molecule has 0 saturated carbocycles. The molecular weight excluding hydrogens is 286 g/mol. The molecule has 0 bridgehead atoms. The number of rotatable bonds is 2. The van der Waals surface area contributed by atoms with Crippen LogP contribution in [0.2, 0.25) is 0 Å². The van der Waals surface area contributed by atoms with Gasteiger partial charge in [-0.1, -0.05) is 24.3 Å². The second kappa shape index (κ2) is 6.08. The predicted octanol–water partition coefficient (Wildman–Crippen LogP) is 2.84. The molecule has 3 rings (SSSR count). The Labute approximate surface area is 135 Å². The average Bonchev–Trinajstić information content (AvgIpc) is 2.68. The van der Waals surface area contributed by atoms with E-state index in [-0.39, 0.29) is 5.56 Å². The molecular formula is C19H19N3O. The van der Waals surface area contributed by atoms with Crippen LogP contribution in [0.5, 0.6) is 0 Å². The molecule has 4 heteroatoms. The van der Waals surface area contributed by atoms with Crippen LogP contribution >= 0.6 is 0 Å². The van der Waals surface area contributed by atoms with Crippen molar-refractivity contribution in [2.75, 3.05) is 19.0 Å². The molecule has 0 radical (unpaired) electrons. The van der Waals surface area contributed by atoms with E-state index in [1.54, 1.807) is 11.6 Å². The van der Waals surface area contributed by atoms with Gasteiger partial charge in [-0.2, -0.15) is 0 Å². The number of nitrogens with zero attached hydrogens (tertiary/aromatic N) is 3. The average molecular weight is 305 g/mol. The normalized spacial score (nSPS) is 11.7. The molecule has 23 heavy (non-hydrogen) atoms. The summed E-state index contributed by atoms with van der Waals surface area (Å²) in [5.41, 5.74) is 2.51. The van der Waals surface area contributed by atoms with Crippen LogP contribution in [0.3, 0.4) is 0 Å². The molecule has 1 aromatic heterocycles. The van der Waals surface area contributed by atoms with Crippen molar-refractivity contribution in [1.82, 2.24) is 4.57 Å². The zero-order valence-electron chi connectivity index (χ0n) is 13.5. The van der Waals surface area contributed by atoms with Gasteiger partial charge in [-0.25, -0.2) is 4.99 Å². The maximum absolute atomic E-state index is 12.6. The van der Waals surface area contributed by atoms with Crippen LogP contribution in [0.4, 0.5) is 11.4 Å². The molecule has 0 unspecified atom stereocenters. The van der Waals surface area contributed by atoms with Gasteiger partial charge in [0, 0.05) is 32.2 Å². The lowest BCUT2D eigenvalue weighted by Gasteiger charge is -2.11. The Morgan fingerprint density at radius 2 is 1.61 bits per heavy atom. The minimum absolute atomic E-state index is 0.0470. The van der Waals surface area contributed by atoms with Gasteiger partial charge in [0.15, 0.2) is 0 Å². The van der Waals surface area contributed by atoms with Crippen LogP contribution in [-0.4, -0.2) is 18.7 Å². The molecule has 2 aromatic carbocycles. The third-order valence-electron chi connectivity index (χ3n) is 3.86. The van der Waals surface area contributed by atoms with Crippen molar-refractivity contribution < 1.29 is 0 Å². The minimum atomic E-state index is -0.0470. The van der Waals surface area contributed by atoms with Crippen LogP contribution in [0.15, 0.2) is 70.5 Å². The zero-order valence-corrected chi connectivity index (χ0v) is 13.5. The van der Waals surface area contributed by atoms with E-state index in [0.717, 1.165) is 16.8 Å². The molecule has 0 spiro atoms. The van der Waals surface area contributed by atoms with Crippen molar-refractivity contribution >= 4 is 22.1 Å². The van der Waals surface area contributed by atoms with Crippen LogP contribution < -0.4 is 15.9 Å². The van der Waals surface area contributed by atoms with Crippen LogP contribution in [0, 0.1) is 0 Å². The van der Waals surface area contributed by atoms with Gasteiger partial charge in [-0.3, -0.25) is 9.36 Å². The molecule has 4 nitrogen and oxygen atoms in total. The maximum Gasteiger partial charge on any atom is 0.259 e. The first-order valence-corrected chi connectivity index (χ1v) is 7.47.